The molecule has 0 aliphatic carbocycles. The van der Waals surface area contributed by atoms with Gasteiger partial charge in [-0.05, 0) is 48.5 Å². The van der Waals surface area contributed by atoms with Crippen molar-refractivity contribution in [1.82, 2.24) is 0 Å². The van der Waals surface area contributed by atoms with E-state index < -0.39 is 15.6 Å². The molecule has 0 aliphatic rings. The minimum atomic E-state index is -6.09. The molecule has 0 saturated heterocycles. The molecule has 0 amide bonds. The maximum atomic E-state index is 12.7. The van der Waals surface area contributed by atoms with E-state index in [2.05, 4.69) is 60.7 Å². The number of carbonyl (C=O) groups is 1. The van der Waals surface area contributed by atoms with Gasteiger partial charge in [0.05, 0.1) is 10.9 Å². The molecule has 180 valence electrons. The molecule has 0 heterocycles. The highest BCUT2D eigenvalue weighted by atomic mass is 32.2. The van der Waals surface area contributed by atoms with Crippen LogP contribution in [0.4, 0.5) is 13.2 Å². The number of alkyl halides is 3. The van der Waals surface area contributed by atoms with E-state index in [-0.39, 0.29) is 16.7 Å². The van der Waals surface area contributed by atoms with Gasteiger partial charge in [0.25, 0.3) is 0 Å². The number of carbonyl (C=O) groups excluding carboxylic acids is 1. The van der Waals surface area contributed by atoms with Crippen LogP contribution >= 0.6 is 0 Å². The van der Waals surface area contributed by atoms with E-state index in [9.17, 15) is 18.0 Å². The highest BCUT2D eigenvalue weighted by Crippen LogP contribution is 2.31. The van der Waals surface area contributed by atoms with Gasteiger partial charge in [0.1, 0.15) is 0 Å². The summed E-state index contributed by atoms with van der Waals surface area (Å²) in [6.45, 7) is 0. The normalized spacial score (nSPS) is 11.5. The average Bonchev–Trinajstić information content (AvgIpc) is 2.85. The quantitative estimate of drug-likeness (QED) is 0.140. The Labute approximate surface area is 204 Å². The molecule has 4 aromatic rings. The molecule has 0 aliphatic heterocycles. The number of benzene rings is 4. The summed E-state index contributed by atoms with van der Waals surface area (Å²) >= 11 is 0. The first-order valence-corrected chi connectivity index (χ1v) is 12.8. The summed E-state index contributed by atoms with van der Waals surface area (Å²) in [5.41, 5.74) is -4.21. The first-order chi connectivity index (χ1) is 16.6. The highest BCUT2D eigenvalue weighted by molar-refractivity contribution is 7.97. The molecule has 9 heteroatoms. The Morgan fingerprint density at radius 3 is 1.29 bits per heavy atom. The predicted molar refractivity (Wildman–Crippen MR) is 127 cm³/mol. The summed E-state index contributed by atoms with van der Waals surface area (Å²) in [5.74, 6) is 0.0569. The van der Waals surface area contributed by atoms with Crippen molar-refractivity contribution >= 4 is 26.8 Å². The zero-order valence-electron chi connectivity index (χ0n) is 18.1. The lowest BCUT2D eigenvalue weighted by Gasteiger charge is -2.08. The van der Waals surface area contributed by atoms with Crippen LogP contribution in [0, 0.1) is 0 Å². The van der Waals surface area contributed by atoms with Gasteiger partial charge >= 0.3 is 5.51 Å². The number of rotatable bonds is 5. The third-order valence-corrected chi connectivity index (χ3v) is 7.43. The Hall–Kier alpha value is -3.40. The van der Waals surface area contributed by atoms with Crippen LogP contribution in [-0.2, 0) is 21.0 Å². The average molecular weight is 517 g/mol. The van der Waals surface area contributed by atoms with Crippen molar-refractivity contribution in [2.75, 3.05) is 0 Å². The second-order valence-electron chi connectivity index (χ2n) is 7.05. The second kappa shape index (κ2) is 11.4. The van der Waals surface area contributed by atoms with Crippen molar-refractivity contribution in [3.05, 3.63) is 126 Å². The zero-order valence-corrected chi connectivity index (χ0v) is 19.7. The Morgan fingerprint density at radius 1 is 0.600 bits per heavy atom. The molecule has 4 aromatic carbocycles. The fourth-order valence-corrected chi connectivity index (χ4v) is 5.10. The van der Waals surface area contributed by atoms with E-state index in [1.54, 1.807) is 0 Å². The molecule has 0 atom stereocenters. The van der Waals surface area contributed by atoms with Gasteiger partial charge in [-0.25, -0.2) is 8.42 Å². The Balaban J connectivity index is 0.000000371. The topological polar surface area (TPSA) is 74.3 Å². The number of ketones is 1. The van der Waals surface area contributed by atoms with Crippen LogP contribution in [0.3, 0.4) is 0 Å². The van der Waals surface area contributed by atoms with Crippen LogP contribution < -0.4 is 0 Å². The number of hydrogen-bond acceptors (Lipinski definition) is 4. The fraction of sp³-hybridized carbons (Fsp3) is 0.0385. The summed E-state index contributed by atoms with van der Waals surface area (Å²) in [5, 5.41) is 0. The molecular formula is C26H19F3O4S2. The second-order valence-corrected chi connectivity index (χ2v) is 10.4. The smallest absolute Gasteiger partial charge is 0.485 e. The van der Waals surface area contributed by atoms with Crippen molar-refractivity contribution in [2.24, 2.45) is 0 Å². The van der Waals surface area contributed by atoms with E-state index in [0.717, 1.165) is 11.1 Å². The Kier molecular flexibility index (Phi) is 8.50. The van der Waals surface area contributed by atoms with Gasteiger partial charge in [0.2, 0.25) is 0 Å². The maximum absolute atomic E-state index is 12.7. The molecule has 0 radical (unpaired) electrons. The lowest BCUT2D eigenvalue weighted by molar-refractivity contribution is -0.0517. The van der Waals surface area contributed by atoms with E-state index >= 15 is 0 Å². The molecule has 35 heavy (non-hydrogen) atoms. The summed E-state index contributed by atoms with van der Waals surface area (Å²) in [6.07, 6.45) is 0. The lowest BCUT2D eigenvalue weighted by atomic mass is 10.0. The highest BCUT2D eigenvalue weighted by Gasteiger charge is 2.37. The van der Waals surface area contributed by atoms with Crippen LogP contribution in [0.25, 0.3) is 0 Å². The molecule has 4 nitrogen and oxygen atoms in total. The summed E-state index contributed by atoms with van der Waals surface area (Å²) < 4.78 is 58.9. The molecule has 4 rings (SSSR count). The van der Waals surface area contributed by atoms with Gasteiger partial charge in [-0.2, -0.15) is 13.2 Å². The van der Waals surface area contributed by atoms with Gasteiger partial charge in [-0.1, -0.05) is 66.7 Å². The number of halogens is 3. The minimum Gasteiger partial charge on any atom is -0.741 e. The molecule has 0 fully saturated rings. The maximum Gasteiger partial charge on any atom is 0.485 e. The van der Waals surface area contributed by atoms with Crippen molar-refractivity contribution < 1.29 is 30.9 Å². The molecule has 0 aromatic heterocycles. The summed E-state index contributed by atoms with van der Waals surface area (Å²) in [6, 6.07) is 38.5. The molecule has 0 N–H and O–H groups in total. The molecule has 0 bridgehead atoms. The van der Waals surface area contributed by atoms with E-state index in [1.165, 1.54) is 14.7 Å². The summed E-state index contributed by atoms with van der Waals surface area (Å²) in [4.78, 5) is 16.4. The first-order valence-electron chi connectivity index (χ1n) is 10.1. The predicted octanol–water partition coefficient (Wildman–Crippen LogP) is 6.06. The third-order valence-electron chi connectivity index (χ3n) is 4.63. The first kappa shape index (κ1) is 26.2. The minimum absolute atomic E-state index is 0.0569. The van der Waals surface area contributed by atoms with Crippen LogP contribution in [0.15, 0.2) is 130 Å². The van der Waals surface area contributed by atoms with Crippen LogP contribution in [0.5, 0.6) is 0 Å². The van der Waals surface area contributed by atoms with Crippen molar-refractivity contribution in [1.29, 1.82) is 0 Å². The van der Waals surface area contributed by atoms with E-state index in [0.29, 0.717) is 0 Å². The van der Waals surface area contributed by atoms with Gasteiger partial charge in [0, 0.05) is 11.1 Å². The Morgan fingerprint density at radius 2 is 0.914 bits per heavy atom. The van der Waals surface area contributed by atoms with Gasteiger partial charge in [-0.3, -0.25) is 4.79 Å². The van der Waals surface area contributed by atoms with E-state index in [4.69, 9.17) is 13.0 Å². The van der Waals surface area contributed by atoms with Crippen molar-refractivity contribution in [3.8, 4) is 0 Å². The fourth-order valence-electron chi connectivity index (χ4n) is 3.02. The number of hydrogen-bond donors (Lipinski definition) is 0. The largest absolute Gasteiger partial charge is 0.741 e. The standard InChI is InChI=1S/C25H19OS.CHF3O3S/c26-25(20-10-4-1-5-11-20)21-16-18-24(19-17-21)27(22-12-6-2-7-13-22)23-14-8-3-9-15-23;2-1(3,4)8(5,6)7/h1-19H;(H,5,6,7)/q+1;/p-1. The third kappa shape index (κ3) is 7.05. The van der Waals surface area contributed by atoms with Gasteiger partial charge < -0.3 is 4.55 Å². The van der Waals surface area contributed by atoms with Crippen LogP contribution in [0.1, 0.15) is 15.9 Å². The Bertz CT molecular complexity index is 1300. The van der Waals surface area contributed by atoms with Crippen molar-refractivity contribution in [3.63, 3.8) is 0 Å². The van der Waals surface area contributed by atoms with Gasteiger partial charge in [0.15, 0.2) is 30.6 Å². The molecule has 0 saturated carbocycles. The molecule has 0 spiro atoms. The lowest BCUT2D eigenvalue weighted by Crippen LogP contribution is -2.21. The van der Waals surface area contributed by atoms with E-state index in [1.807, 2.05) is 54.6 Å². The van der Waals surface area contributed by atoms with Crippen LogP contribution in [0.2, 0.25) is 0 Å². The molecular weight excluding hydrogens is 497 g/mol. The monoisotopic (exact) mass is 516 g/mol. The summed E-state index contributed by atoms with van der Waals surface area (Å²) in [7, 11) is -6.28. The SMILES string of the molecule is O=C(c1ccccc1)c1ccc([S+](c2ccccc2)c2ccccc2)cc1.O=S(=O)([O-])C(F)(F)F. The van der Waals surface area contributed by atoms with Crippen molar-refractivity contribution in [2.45, 2.75) is 20.2 Å². The molecule has 0 unspecified atom stereocenters. The zero-order chi connectivity index (χ0) is 25.5. The van der Waals surface area contributed by atoms with Gasteiger partial charge in [-0.15, -0.1) is 0 Å². The van der Waals surface area contributed by atoms with Crippen LogP contribution in [-0.4, -0.2) is 24.3 Å².